The molecule has 1 heterocycles. The van der Waals surface area contributed by atoms with E-state index in [9.17, 15) is 13.2 Å². The van der Waals surface area contributed by atoms with Crippen molar-refractivity contribution in [3.8, 4) is 5.75 Å². The summed E-state index contributed by atoms with van der Waals surface area (Å²) in [5.41, 5.74) is 1.58. The largest absolute Gasteiger partial charge is 0.481 e. The summed E-state index contributed by atoms with van der Waals surface area (Å²) in [7, 11) is -3.50. The van der Waals surface area contributed by atoms with Crippen LogP contribution < -0.4 is 10.1 Å². The Morgan fingerprint density at radius 2 is 1.55 bits per heavy atom. The number of hydrogen-bond donors (Lipinski definition) is 1. The van der Waals surface area contributed by atoms with Crippen molar-refractivity contribution in [3.63, 3.8) is 0 Å². The molecule has 0 aliphatic carbocycles. The Bertz CT molecular complexity index is 979. The number of carbonyl (C=O) groups excluding carboxylic acids is 1. The summed E-state index contributed by atoms with van der Waals surface area (Å²) in [6, 6.07) is 14.0. The molecular weight excluding hydrogens is 412 g/mol. The van der Waals surface area contributed by atoms with E-state index >= 15 is 0 Å². The Morgan fingerprint density at radius 3 is 2.16 bits per heavy atom. The highest BCUT2D eigenvalue weighted by Crippen LogP contribution is 2.27. The molecule has 1 N–H and O–H groups in total. The van der Waals surface area contributed by atoms with Crippen LogP contribution in [0.3, 0.4) is 0 Å². The zero-order chi connectivity index (χ0) is 22.4. The molecule has 0 unspecified atom stereocenters. The molecule has 1 aliphatic heterocycles. The average molecular weight is 445 g/mol. The lowest BCUT2D eigenvalue weighted by Gasteiger charge is -2.20. The Morgan fingerprint density at radius 1 is 0.935 bits per heavy atom. The number of nitrogens with zero attached hydrogens (tertiary/aromatic N) is 1. The molecule has 0 saturated carbocycles. The number of ether oxygens (including phenoxy) is 1. The van der Waals surface area contributed by atoms with E-state index in [-0.39, 0.29) is 16.7 Å². The summed E-state index contributed by atoms with van der Waals surface area (Å²) in [6.45, 7) is 6.98. The van der Waals surface area contributed by atoms with E-state index in [2.05, 4.69) is 19.2 Å². The fourth-order valence-corrected chi connectivity index (χ4v) is 5.21. The van der Waals surface area contributed by atoms with Crippen LogP contribution in [0.4, 0.5) is 5.69 Å². The normalized spacial score (nSPS) is 16.5. The first kappa shape index (κ1) is 23.3. The van der Waals surface area contributed by atoms with Gasteiger partial charge in [-0.1, -0.05) is 44.9 Å². The van der Waals surface area contributed by atoms with E-state index in [0.29, 0.717) is 24.5 Å². The second kappa shape index (κ2) is 10.3. The molecule has 0 aromatic heterocycles. The summed E-state index contributed by atoms with van der Waals surface area (Å²) < 4.78 is 33.2. The third-order valence-electron chi connectivity index (χ3n) is 5.54. The van der Waals surface area contributed by atoms with Crippen molar-refractivity contribution in [1.82, 2.24) is 4.31 Å². The molecule has 3 rings (SSSR count). The van der Waals surface area contributed by atoms with Crippen LogP contribution in [-0.2, 0) is 14.8 Å². The average Bonchev–Trinajstić information content (AvgIpc) is 3.04. The second-order valence-corrected chi connectivity index (χ2v) is 10.2. The number of carbonyl (C=O) groups is 1. The maximum atomic E-state index is 12.9. The number of para-hydroxylation sites is 1. The van der Waals surface area contributed by atoms with Crippen LogP contribution in [0.25, 0.3) is 0 Å². The first-order chi connectivity index (χ1) is 14.8. The fraction of sp³-hybridized carbons (Fsp3) is 0.458. The molecule has 0 bridgehead atoms. The van der Waals surface area contributed by atoms with Crippen LogP contribution in [-0.4, -0.2) is 37.8 Å². The quantitative estimate of drug-likeness (QED) is 0.667. The van der Waals surface area contributed by atoms with Gasteiger partial charge in [-0.05, 0) is 61.6 Å². The molecule has 1 saturated heterocycles. The van der Waals surface area contributed by atoms with Crippen molar-refractivity contribution < 1.29 is 17.9 Å². The molecule has 0 radical (unpaired) electrons. The van der Waals surface area contributed by atoms with E-state index in [1.54, 1.807) is 35.5 Å². The topological polar surface area (TPSA) is 75.7 Å². The summed E-state index contributed by atoms with van der Waals surface area (Å²) in [4.78, 5) is 12.9. The van der Waals surface area contributed by atoms with Crippen LogP contribution in [0.5, 0.6) is 5.75 Å². The number of amides is 1. The zero-order valence-corrected chi connectivity index (χ0v) is 19.3. The summed E-state index contributed by atoms with van der Waals surface area (Å²) >= 11 is 0. The van der Waals surface area contributed by atoms with Crippen molar-refractivity contribution in [3.05, 3.63) is 54.1 Å². The molecule has 1 atom stereocenters. The maximum Gasteiger partial charge on any atom is 0.265 e. The van der Waals surface area contributed by atoms with Gasteiger partial charge in [-0.3, -0.25) is 4.79 Å². The highest BCUT2D eigenvalue weighted by atomic mass is 32.2. The minimum absolute atomic E-state index is 0.252. The SMILES string of the molecule is CC(C)c1ccccc1O[C@H](C)C(=O)Nc1ccc(S(=O)(=O)N2CCCCCC2)cc1. The Hall–Kier alpha value is -2.38. The Kier molecular flexibility index (Phi) is 7.73. The standard InChI is InChI=1S/C24H32N2O4S/c1-18(2)22-10-6-7-11-23(22)30-19(3)24(27)25-20-12-14-21(15-13-20)31(28,29)26-16-8-4-5-9-17-26/h6-7,10-15,18-19H,4-5,8-9,16-17H2,1-3H3,(H,25,27)/t19-/m1/s1. The number of benzene rings is 2. The monoisotopic (exact) mass is 444 g/mol. The highest BCUT2D eigenvalue weighted by molar-refractivity contribution is 7.89. The van der Waals surface area contributed by atoms with Crippen LogP contribution in [0.2, 0.25) is 0 Å². The number of hydrogen-bond acceptors (Lipinski definition) is 4. The van der Waals surface area contributed by atoms with Crippen LogP contribution in [0.15, 0.2) is 53.4 Å². The van der Waals surface area contributed by atoms with Gasteiger partial charge in [-0.15, -0.1) is 0 Å². The molecule has 0 spiro atoms. The van der Waals surface area contributed by atoms with Crippen molar-refractivity contribution in [2.75, 3.05) is 18.4 Å². The highest BCUT2D eigenvalue weighted by Gasteiger charge is 2.25. The Labute approximate surface area is 185 Å². The number of rotatable bonds is 7. The summed E-state index contributed by atoms with van der Waals surface area (Å²) in [6.07, 6.45) is 3.23. The van der Waals surface area contributed by atoms with E-state index < -0.39 is 16.1 Å². The maximum absolute atomic E-state index is 12.9. The molecule has 31 heavy (non-hydrogen) atoms. The van der Waals surface area contributed by atoms with Gasteiger partial charge < -0.3 is 10.1 Å². The molecule has 2 aromatic carbocycles. The lowest BCUT2D eigenvalue weighted by atomic mass is 10.0. The summed E-state index contributed by atoms with van der Waals surface area (Å²) in [5, 5.41) is 2.81. The van der Waals surface area contributed by atoms with E-state index in [0.717, 1.165) is 31.2 Å². The van der Waals surface area contributed by atoms with E-state index in [4.69, 9.17) is 4.74 Å². The minimum atomic E-state index is -3.50. The van der Waals surface area contributed by atoms with Gasteiger partial charge in [0.05, 0.1) is 4.90 Å². The lowest BCUT2D eigenvalue weighted by molar-refractivity contribution is -0.122. The Balaban J connectivity index is 1.64. The molecule has 168 valence electrons. The smallest absolute Gasteiger partial charge is 0.265 e. The molecule has 2 aromatic rings. The minimum Gasteiger partial charge on any atom is -0.481 e. The van der Waals surface area contributed by atoms with Crippen molar-refractivity contribution in [1.29, 1.82) is 0 Å². The molecule has 1 fully saturated rings. The van der Waals surface area contributed by atoms with Gasteiger partial charge in [-0.2, -0.15) is 4.31 Å². The predicted molar refractivity (Wildman–Crippen MR) is 123 cm³/mol. The van der Waals surface area contributed by atoms with Crippen LogP contribution in [0, 0.1) is 0 Å². The van der Waals surface area contributed by atoms with Gasteiger partial charge in [0, 0.05) is 18.8 Å². The second-order valence-electron chi connectivity index (χ2n) is 8.28. The summed E-state index contributed by atoms with van der Waals surface area (Å²) in [5.74, 6) is 0.686. The van der Waals surface area contributed by atoms with E-state index in [1.165, 1.54) is 0 Å². The van der Waals surface area contributed by atoms with Gasteiger partial charge in [0.15, 0.2) is 6.10 Å². The van der Waals surface area contributed by atoms with Gasteiger partial charge >= 0.3 is 0 Å². The van der Waals surface area contributed by atoms with Gasteiger partial charge in [-0.25, -0.2) is 8.42 Å². The predicted octanol–water partition coefficient (Wildman–Crippen LogP) is 4.78. The number of anilines is 1. The number of nitrogens with one attached hydrogen (secondary N) is 1. The lowest BCUT2D eigenvalue weighted by Crippen LogP contribution is -2.32. The van der Waals surface area contributed by atoms with Gasteiger partial charge in [0.2, 0.25) is 10.0 Å². The molecule has 1 amide bonds. The first-order valence-corrected chi connectivity index (χ1v) is 12.4. The van der Waals surface area contributed by atoms with Crippen molar-refractivity contribution >= 4 is 21.6 Å². The van der Waals surface area contributed by atoms with Crippen molar-refractivity contribution in [2.45, 2.75) is 63.4 Å². The zero-order valence-electron chi connectivity index (χ0n) is 18.5. The number of sulfonamides is 1. The van der Waals surface area contributed by atoms with Crippen LogP contribution in [0.1, 0.15) is 57.9 Å². The van der Waals surface area contributed by atoms with Crippen molar-refractivity contribution in [2.24, 2.45) is 0 Å². The van der Waals surface area contributed by atoms with Gasteiger partial charge in [0.25, 0.3) is 5.91 Å². The van der Waals surface area contributed by atoms with E-state index in [1.807, 2.05) is 24.3 Å². The molecule has 1 aliphatic rings. The van der Waals surface area contributed by atoms with Crippen LogP contribution >= 0.6 is 0 Å². The molecule has 7 heteroatoms. The third kappa shape index (κ3) is 5.86. The molecule has 6 nitrogen and oxygen atoms in total. The van der Waals surface area contributed by atoms with Gasteiger partial charge in [0.1, 0.15) is 5.75 Å². The molecular formula is C24H32N2O4S. The third-order valence-corrected chi connectivity index (χ3v) is 7.45. The first-order valence-electron chi connectivity index (χ1n) is 11.0. The fourth-order valence-electron chi connectivity index (χ4n) is 3.69.